The van der Waals surface area contributed by atoms with Crippen molar-refractivity contribution in [1.29, 1.82) is 0 Å². The Bertz CT molecular complexity index is 574. The summed E-state index contributed by atoms with van der Waals surface area (Å²) in [5.74, 6) is 0.310. The van der Waals surface area contributed by atoms with Crippen molar-refractivity contribution in [2.75, 3.05) is 5.88 Å². The van der Waals surface area contributed by atoms with Crippen LogP contribution in [0.3, 0.4) is 0 Å². The van der Waals surface area contributed by atoms with Gasteiger partial charge in [0.25, 0.3) is 0 Å². The number of rotatable bonds is 4. The van der Waals surface area contributed by atoms with Crippen molar-refractivity contribution in [2.45, 2.75) is 50.0 Å². The summed E-state index contributed by atoms with van der Waals surface area (Å²) in [4.78, 5) is 0.284. The molecule has 1 saturated carbocycles. The van der Waals surface area contributed by atoms with Gasteiger partial charge in [-0.3, -0.25) is 4.68 Å². The summed E-state index contributed by atoms with van der Waals surface area (Å²) >= 11 is 6.00. The fraction of sp³-hybridized carbons (Fsp3) is 0.750. The molecule has 1 heterocycles. The highest BCUT2D eigenvalue weighted by atomic mass is 35.5. The van der Waals surface area contributed by atoms with E-state index in [4.69, 9.17) is 11.6 Å². The van der Waals surface area contributed by atoms with Gasteiger partial charge in [0.1, 0.15) is 4.90 Å². The van der Waals surface area contributed by atoms with Gasteiger partial charge in [-0.15, -0.1) is 11.6 Å². The second-order valence-electron chi connectivity index (χ2n) is 5.35. The monoisotopic (exact) mass is 305 g/mol. The van der Waals surface area contributed by atoms with Gasteiger partial charge in [0, 0.05) is 18.5 Å². The molecule has 0 aliphatic heterocycles. The summed E-state index contributed by atoms with van der Waals surface area (Å²) in [6.45, 7) is 3.47. The van der Waals surface area contributed by atoms with E-state index < -0.39 is 15.6 Å². The number of aryl methyl sites for hydroxylation is 2. The minimum Gasteiger partial charge on any atom is -0.271 e. The molecule has 0 radical (unpaired) electrons. The molecule has 1 aromatic heterocycles. The van der Waals surface area contributed by atoms with Crippen LogP contribution in [0.4, 0.5) is 0 Å². The zero-order chi connectivity index (χ0) is 14.3. The van der Waals surface area contributed by atoms with Crippen LogP contribution < -0.4 is 4.72 Å². The van der Waals surface area contributed by atoms with Gasteiger partial charge < -0.3 is 0 Å². The van der Waals surface area contributed by atoms with Gasteiger partial charge in [-0.25, -0.2) is 13.1 Å². The van der Waals surface area contributed by atoms with Crippen molar-refractivity contribution in [3.05, 3.63) is 11.4 Å². The van der Waals surface area contributed by atoms with Crippen molar-refractivity contribution >= 4 is 21.6 Å². The number of halogens is 1. The van der Waals surface area contributed by atoms with E-state index in [0.29, 0.717) is 17.3 Å². The fourth-order valence-corrected chi connectivity index (χ4v) is 5.11. The molecule has 19 heavy (non-hydrogen) atoms. The van der Waals surface area contributed by atoms with Crippen LogP contribution in [0.15, 0.2) is 4.90 Å². The molecular weight excluding hydrogens is 286 g/mol. The van der Waals surface area contributed by atoms with E-state index in [1.165, 1.54) is 0 Å². The third kappa shape index (κ3) is 2.66. The molecule has 0 spiro atoms. The van der Waals surface area contributed by atoms with Gasteiger partial charge in [0.15, 0.2) is 0 Å². The Morgan fingerprint density at radius 3 is 2.37 bits per heavy atom. The number of hydrogen-bond donors (Lipinski definition) is 1. The van der Waals surface area contributed by atoms with E-state index in [1.807, 2.05) is 0 Å². The number of aromatic nitrogens is 2. The van der Waals surface area contributed by atoms with Crippen molar-refractivity contribution in [2.24, 2.45) is 7.05 Å². The zero-order valence-electron chi connectivity index (χ0n) is 11.5. The summed E-state index contributed by atoms with van der Waals surface area (Å²) in [7, 11) is -1.83. The minimum atomic E-state index is -3.57. The van der Waals surface area contributed by atoms with E-state index in [1.54, 1.807) is 25.6 Å². The molecule has 1 aromatic rings. The first kappa shape index (κ1) is 14.8. The molecular formula is C12H20ClN3O2S. The normalized spacial score (nSPS) is 18.9. The van der Waals surface area contributed by atoms with Crippen molar-refractivity contribution in [1.82, 2.24) is 14.5 Å². The Morgan fingerprint density at radius 2 is 1.95 bits per heavy atom. The maximum absolute atomic E-state index is 12.6. The van der Waals surface area contributed by atoms with Crippen molar-refractivity contribution < 1.29 is 8.42 Å². The zero-order valence-corrected chi connectivity index (χ0v) is 13.1. The van der Waals surface area contributed by atoms with Gasteiger partial charge in [-0.2, -0.15) is 5.10 Å². The first-order chi connectivity index (χ1) is 8.81. The maximum atomic E-state index is 12.6. The molecule has 2 rings (SSSR count). The smallest absolute Gasteiger partial charge is 0.244 e. The van der Waals surface area contributed by atoms with Crippen LogP contribution in [0.5, 0.6) is 0 Å². The Hall–Kier alpha value is -0.590. The second kappa shape index (κ2) is 5.07. The lowest BCUT2D eigenvalue weighted by molar-refractivity contribution is 0.432. The SMILES string of the molecule is Cc1nn(C)c(C)c1S(=O)(=O)NC1(CCl)CCCC1. The minimum absolute atomic E-state index is 0.284. The standard InChI is InChI=1S/C12H20ClN3O2S/c1-9-11(10(2)16(3)14-9)19(17,18)15-12(8-13)6-4-5-7-12/h15H,4-8H2,1-3H3. The van der Waals surface area contributed by atoms with E-state index >= 15 is 0 Å². The van der Waals surface area contributed by atoms with Crippen molar-refractivity contribution in [3.8, 4) is 0 Å². The van der Waals surface area contributed by atoms with Crippen LogP contribution >= 0.6 is 11.6 Å². The Kier molecular flexibility index (Phi) is 3.95. The number of sulfonamides is 1. The fourth-order valence-electron chi connectivity index (χ4n) is 2.79. The molecule has 0 aromatic carbocycles. The van der Waals surface area contributed by atoms with Gasteiger partial charge in [0.05, 0.1) is 11.4 Å². The summed E-state index contributed by atoms with van der Waals surface area (Å²) in [5.41, 5.74) is 0.678. The topological polar surface area (TPSA) is 64.0 Å². The molecule has 1 aliphatic rings. The average Bonchev–Trinajstić information content (AvgIpc) is 2.85. The van der Waals surface area contributed by atoms with E-state index in [-0.39, 0.29) is 4.90 Å². The van der Waals surface area contributed by atoms with Crippen LogP contribution in [0.25, 0.3) is 0 Å². The molecule has 5 nitrogen and oxygen atoms in total. The molecule has 7 heteroatoms. The molecule has 0 atom stereocenters. The van der Waals surface area contributed by atoms with E-state index in [0.717, 1.165) is 25.7 Å². The number of alkyl halides is 1. The van der Waals surface area contributed by atoms with Gasteiger partial charge in [-0.1, -0.05) is 12.8 Å². The average molecular weight is 306 g/mol. The van der Waals surface area contributed by atoms with Gasteiger partial charge in [-0.05, 0) is 26.7 Å². The summed E-state index contributed by atoms with van der Waals surface area (Å²) in [6, 6.07) is 0. The highest BCUT2D eigenvalue weighted by Gasteiger charge is 2.38. The highest BCUT2D eigenvalue weighted by Crippen LogP contribution is 2.33. The highest BCUT2D eigenvalue weighted by molar-refractivity contribution is 7.89. The molecule has 1 fully saturated rings. The van der Waals surface area contributed by atoms with E-state index in [9.17, 15) is 8.42 Å². The molecule has 1 N–H and O–H groups in total. The predicted octanol–water partition coefficient (Wildman–Crippen LogP) is 1.87. The van der Waals surface area contributed by atoms with Crippen LogP contribution in [-0.4, -0.2) is 29.6 Å². The lowest BCUT2D eigenvalue weighted by atomic mass is 10.0. The Morgan fingerprint density at radius 1 is 1.37 bits per heavy atom. The number of hydrogen-bond acceptors (Lipinski definition) is 3. The first-order valence-corrected chi connectivity index (χ1v) is 8.43. The van der Waals surface area contributed by atoms with Crippen LogP contribution in [0, 0.1) is 13.8 Å². The molecule has 0 bridgehead atoms. The summed E-state index contributed by atoms with van der Waals surface area (Å²) in [5, 5.41) is 4.16. The Balaban J connectivity index is 2.38. The quantitative estimate of drug-likeness (QED) is 0.864. The van der Waals surface area contributed by atoms with Crippen LogP contribution in [0.2, 0.25) is 0 Å². The summed E-state index contributed by atoms with van der Waals surface area (Å²) < 4.78 is 29.6. The molecule has 108 valence electrons. The lowest BCUT2D eigenvalue weighted by Gasteiger charge is -2.27. The number of nitrogens with one attached hydrogen (secondary N) is 1. The molecule has 0 amide bonds. The lowest BCUT2D eigenvalue weighted by Crippen LogP contribution is -2.47. The van der Waals surface area contributed by atoms with E-state index in [2.05, 4.69) is 9.82 Å². The van der Waals surface area contributed by atoms with Crippen molar-refractivity contribution in [3.63, 3.8) is 0 Å². The third-order valence-corrected chi connectivity index (χ3v) is 6.22. The number of nitrogens with zero attached hydrogens (tertiary/aromatic N) is 2. The Labute approximate surface area is 119 Å². The van der Waals surface area contributed by atoms with Crippen LogP contribution in [0.1, 0.15) is 37.1 Å². The molecule has 0 unspecified atom stereocenters. The largest absolute Gasteiger partial charge is 0.271 e. The van der Waals surface area contributed by atoms with Crippen LogP contribution in [-0.2, 0) is 17.1 Å². The third-order valence-electron chi connectivity index (χ3n) is 3.88. The van der Waals surface area contributed by atoms with Gasteiger partial charge >= 0.3 is 0 Å². The first-order valence-electron chi connectivity index (χ1n) is 6.41. The molecule has 0 saturated heterocycles. The summed E-state index contributed by atoms with van der Waals surface area (Å²) in [6.07, 6.45) is 3.63. The second-order valence-corrected chi connectivity index (χ2v) is 7.24. The molecule has 1 aliphatic carbocycles. The predicted molar refractivity (Wildman–Crippen MR) is 74.9 cm³/mol. The van der Waals surface area contributed by atoms with Gasteiger partial charge in [0.2, 0.25) is 10.0 Å². The maximum Gasteiger partial charge on any atom is 0.244 e.